The number of carbonyl (C=O) groups excluding carboxylic acids is 1. The van der Waals surface area contributed by atoms with Gasteiger partial charge in [-0.15, -0.1) is 0 Å². The molecule has 0 unspecified atom stereocenters. The highest BCUT2D eigenvalue weighted by atomic mass is 35.5. The molecule has 2 amide bonds. The highest BCUT2D eigenvalue weighted by Gasteiger charge is 2.26. The van der Waals surface area contributed by atoms with Gasteiger partial charge in [-0.2, -0.15) is 0 Å². The molecule has 0 bridgehead atoms. The van der Waals surface area contributed by atoms with E-state index in [1.54, 1.807) is 18.5 Å². The highest BCUT2D eigenvalue weighted by Crippen LogP contribution is 2.21. The van der Waals surface area contributed by atoms with Gasteiger partial charge < -0.3 is 15.5 Å². The second kappa shape index (κ2) is 7.97. The minimum absolute atomic E-state index is 0.175. The molecule has 1 aromatic heterocycles. The summed E-state index contributed by atoms with van der Waals surface area (Å²) in [6.07, 6.45) is 5.58. The molecule has 0 saturated carbocycles. The SMILES string of the molecule is O=C(NCc1ccc(Cl)cc1)NC[C@H]1CCCN1c1ncccn1. The molecule has 1 fully saturated rings. The average Bonchev–Trinajstić information content (AvgIpc) is 3.09. The molecule has 1 aliphatic heterocycles. The van der Waals surface area contributed by atoms with Crippen LogP contribution in [0.2, 0.25) is 5.02 Å². The molecule has 126 valence electrons. The molecular weight excluding hydrogens is 326 g/mol. The minimum atomic E-state index is -0.175. The lowest BCUT2D eigenvalue weighted by molar-refractivity contribution is 0.240. The Balaban J connectivity index is 1.46. The van der Waals surface area contributed by atoms with E-state index in [9.17, 15) is 4.79 Å². The fourth-order valence-corrected chi connectivity index (χ4v) is 2.93. The fourth-order valence-electron chi connectivity index (χ4n) is 2.81. The van der Waals surface area contributed by atoms with Gasteiger partial charge in [-0.05, 0) is 36.6 Å². The normalized spacial score (nSPS) is 16.9. The first-order valence-corrected chi connectivity index (χ1v) is 8.40. The number of urea groups is 1. The van der Waals surface area contributed by atoms with Crippen molar-refractivity contribution in [1.82, 2.24) is 20.6 Å². The lowest BCUT2D eigenvalue weighted by atomic mass is 10.2. The summed E-state index contributed by atoms with van der Waals surface area (Å²) in [7, 11) is 0. The van der Waals surface area contributed by atoms with Crippen molar-refractivity contribution in [2.75, 3.05) is 18.0 Å². The third-order valence-electron chi connectivity index (χ3n) is 4.05. The Morgan fingerprint density at radius 1 is 1.21 bits per heavy atom. The molecule has 2 aromatic rings. The van der Waals surface area contributed by atoms with E-state index in [1.165, 1.54) is 0 Å². The van der Waals surface area contributed by atoms with E-state index >= 15 is 0 Å². The smallest absolute Gasteiger partial charge is 0.315 e. The van der Waals surface area contributed by atoms with Crippen LogP contribution in [0.25, 0.3) is 0 Å². The summed E-state index contributed by atoms with van der Waals surface area (Å²) in [6, 6.07) is 9.28. The monoisotopic (exact) mass is 345 g/mol. The van der Waals surface area contributed by atoms with Gasteiger partial charge in [0.1, 0.15) is 0 Å². The number of nitrogens with zero attached hydrogens (tertiary/aromatic N) is 3. The number of hydrogen-bond acceptors (Lipinski definition) is 4. The molecule has 6 nitrogen and oxygen atoms in total. The van der Waals surface area contributed by atoms with Gasteiger partial charge in [0.05, 0.1) is 0 Å². The second-order valence-corrected chi connectivity index (χ2v) is 6.16. The predicted molar refractivity (Wildman–Crippen MR) is 94.1 cm³/mol. The molecule has 1 atom stereocenters. The van der Waals surface area contributed by atoms with E-state index in [2.05, 4.69) is 25.5 Å². The molecule has 3 rings (SSSR count). The molecule has 1 aliphatic rings. The number of carbonyl (C=O) groups is 1. The Labute approximate surface area is 146 Å². The summed E-state index contributed by atoms with van der Waals surface area (Å²) >= 11 is 5.85. The molecule has 7 heteroatoms. The molecular formula is C17H20ClN5O. The molecule has 2 N–H and O–H groups in total. The molecule has 0 spiro atoms. The standard InChI is InChI=1S/C17H20ClN5O/c18-14-6-4-13(5-7-14)11-21-17(24)22-12-15-3-1-10-23(15)16-19-8-2-9-20-16/h2,4-9,15H,1,3,10-12H2,(H2,21,22,24)/t15-/m1/s1. The zero-order chi connectivity index (χ0) is 16.8. The van der Waals surface area contributed by atoms with Crippen LogP contribution in [-0.2, 0) is 6.54 Å². The van der Waals surface area contributed by atoms with Gasteiger partial charge in [0.2, 0.25) is 5.95 Å². The van der Waals surface area contributed by atoms with Crippen molar-refractivity contribution >= 4 is 23.6 Å². The maximum atomic E-state index is 12.0. The van der Waals surface area contributed by atoms with E-state index in [0.29, 0.717) is 18.1 Å². The predicted octanol–water partition coefficient (Wildman–Crippen LogP) is 2.60. The Morgan fingerprint density at radius 3 is 2.71 bits per heavy atom. The van der Waals surface area contributed by atoms with Crippen LogP contribution in [-0.4, -0.2) is 35.1 Å². The van der Waals surface area contributed by atoms with Crippen LogP contribution >= 0.6 is 11.6 Å². The summed E-state index contributed by atoms with van der Waals surface area (Å²) < 4.78 is 0. The molecule has 24 heavy (non-hydrogen) atoms. The maximum absolute atomic E-state index is 12.0. The van der Waals surface area contributed by atoms with Gasteiger partial charge in [0.15, 0.2) is 0 Å². The number of nitrogens with one attached hydrogen (secondary N) is 2. The van der Waals surface area contributed by atoms with Crippen molar-refractivity contribution < 1.29 is 4.79 Å². The van der Waals surface area contributed by atoms with E-state index in [0.717, 1.165) is 30.9 Å². The van der Waals surface area contributed by atoms with E-state index < -0.39 is 0 Å². The first kappa shape index (κ1) is 16.5. The van der Waals surface area contributed by atoms with Crippen LogP contribution < -0.4 is 15.5 Å². The maximum Gasteiger partial charge on any atom is 0.315 e. The summed E-state index contributed by atoms with van der Waals surface area (Å²) in [5.41, 5.74) is 1.01. The Hall–Kier alpha value is -2.34. The number of hydrogen-bond donors (Lipinski definition) is 2. The quantitative estimate of drug-likeness (QED) is 0.874. The Morgan fingerprint density at radius 2 is 1.96 bits per heavy atom. The van der Waals surface area contributed by atoms with Crippen LogP contribution in [0.5, 0.6) is 0 Å². The molecule has 2 heterocycles. The number of amides is 2. The largest absolute Gasteiger partial charge is 0.336 e. The topological polar surface area (TPSA) is 70.2 Å². The van der Waals surface area contributed by atoms with Crippen molar-refractivity contribution in [3.8, 4) is 0 Å². The number of benzene rings is 1. The van der Waals surface area contributed by atoms with Gasteiger partial charge in [0.25, 0.3) is 0 Å². The van der Waals surface area contributed by atoms with Gasteiger partial charge in [-0.3, -0.25) is 0 Å². The Bertz CT molecular complexity index is 664. The molecule has 0 radical (unpaired) electrons. The summed E-state index contributed by atoms with van der Waals surface area (Å²) in [5.74, 6) is 0.725. The van der Waals surface area contributed by atoms with Gasteiger partial charge in [-0.1, -0.05) is 23.7 Å². The number of aromatic nitrogens is 2. The lowest BCUT2D eigenvalue weighted by Crippen LogP contribution is -2.44. The number of halogens is 1. The summed E-state index contributed by atoms with van der Waals surface area (Å²) in [4.78, 5) is 22.7. The number of anilines is 1. The van der Waals surface area contributed by atoms with Gasteiger partial charge >= 0.3 is 6.03 Å². The second-order valence-electron chi connectivity index (χ2n) is 5.73. The van der Waals surface area contributed by atoms with Crippen LogP contribution in [0.15, 0.2) is 42.7 Å². The molecule has 1 aromatic carbocycles. The zero-order valence-electron chi connectivity index (χ0n) is 13.3. The summed E-state index contributed by atoms with van der Waals surface area (Å²) in [6.45, 7) is 1.96. The lowest BCUT2D eigenvalue weighted by Gasteiger charge is -2.24. The first-order chi connectivity index (χ1) is 11.7. The van der Waals surface area contributed by atoms with E-state index in [4.69, 9.17) is 11.6 Å². The van der Waals surface area contributed by atoms with Crippen LogP contribution in [0.4, 0.5) is 10.7 Å². The van der Waals surface area contributed by atoms with Crippen LogP contribution in [0.3, 0.4) is 0 Å². The third kappa shape index (κ3) is 4.35. The van der Waals surface area contributed by atoms with Crippen molar-refractivity contribution in [1.29, 1.82) is 0 Å². The van der Waals surface area contributed by atoms with Crippen molar-refractivity contribution in [3.63, 3.8) is 0 Å². The van der Waals surface area contributed by atoms with Crippen molar-refractivity contribution in [2.24, 2.45) is 0 Å². The third-order valence-corrected chi connectivity index (χ3v) is 4.30. The van der Waals surface area contributed by atoms with Crippen molar-refractivity contribution in [2.45, 2.75) is 25.4 Å². The van der Waals surface area contributed by atoms with E-state index in [-0.39, 0.29) is 12.1 Å². The number of rotatable bonds is 5. The molecule has 1 saturated heterocycles. The van der Waals surface area contributed by atoms with Crippen LogP contribution in [0.1, 0.15) is 18.4 Å². The van der Waals surface area contributed by atoms with Crippen LogP contribution in [0, 0.1) is 0 Å². The minimum Gasteiger partial charge on any atom is -0.336 e. The van der Waals surface area contributed by atoms with Gasteiger partial charge in [0, 0.05) is 43.1 Å². The molecule has 0 aliphatic carbocycles. The van der Waals surface area contributed by atoms with Crippen molar-refractivity contribution in [3.05, 3.63) is 53.3 Å². The average molecular weight is 346 g/mol. The highest BCUT2D eigenvalue weighted by molar-refractivity contribution is 6.30. The zero-order valence-corrected chi connectivity index (χ0v) is 14.0. The van der Waals surface area contributed by atoms with Gasteiger partial charge in [-0.25, -0.2) is 14.8 Å². The fraction of sp³-hybridized carbons (Fsp3) is 0.353. The first-order valence-electron chi connectivity index (χ1n) is 8.02. The van der Waals surface area contributed by atoms with E-state index in [1.807, 2.05) is 24.3 Å². The Kier molecular flexibility index (Phi) is 5.48. The summed E-state index contributed by atoms with van der Waals surface area (Å²) in [5, 5.41) is 6.47.